The van der Waals surface area contributed by atoms with Crippen LogP contribution in [0, 0.1) is 0 Å². The van der Waals surface area contributed by atoms with Crippen molar-refractivity contribution in [3.8, 4) is 17.0 Å². The lowest BCUT2D eigenvalue weighted by atomic mass is 9.92. The van der Waals surface area contributed by atoms with Gasteiger partial charge in [0.05, 0.1) is 30.7 Å². The fourth-order valence-corrected chi connectivity index (χ4v) is 7.99. The number of ether oxygens (including phenoxy) is 1. The fourth-order valence-electron chi connectivity index (χ4n) is 7.82. The first-order valence-corrected chi connectivity index (χ1v) is 18.1. The molecule has 260 valence electrons. The number of phenolic OH excluding ortho intramolecular Hbond substituents is 1. The Balaban J connectivity index is 1.20. The van der Waals surface area contributed by atoms with E-state index in [0.29, 0.717) is 47.3 Å². The van der Waals surface area contributed by atoms with E-state index in [9.17, 15) is 14.7 Å². The molecular weight excluding hydrogens is 662 g/mol. The van der Waals surface area contributed by atoms with E-state index in [2.05, 4.69) is 32.7 Å². The SMILES string of the molecule is O=C(c1cc(-c2cc(Cl)ccc2C(=O)N2Cc3ccccc3C[C@H]2CN2CCOCC2)n2c1CCCC2)N(c1ccc(O)cc1)c1cccnc1. The normalized spacial score (nSPS) is 17.4. The van der Waals surface area contributed by atoms with Gasteiger partial charge in [0.2, 0.25) is 0 Å². The maximum atomic E-state index is 14.9. The van der Waals surface area contributed by atoms with Gasteiger partial charge in [0, 0.05) is 78.2 Å². The van der Waals surface area contributed by atoms with E-state index in [1.54, 1.807) is 53.7 Å². The molecule has 5 heterocycles. The number of aromatic hydroxyl groups is 1. The molecule has 9 nitrogen and oxygen atoms in total. The van der Waals surface area contributed by atoms with Crippen LogP contribution >= 0.6 is 11.6 Å². The zero-order valence-electron chi connectivity index (χ0n) is 28.4. The lowest BCUT2D eigenvalue weighted by Crippen LogP contribution is -2.52. The van der Waals surface area contributed by atoms with Gasteiger partial charge < -0.3 is 19.3 Å². The number of fused-ring (bicyclic) bond motifs is 2. The molecule has 0 bridgehead atoms. The van der Waals surface area contributed by atoms with Gasteiger partial charge in [-0.3, -0.25) is 24.4 Å². The molecule has 0 radical (unpaired) electrons. The molecule has 2 aromatic heterocycles. The maximum Gasteiger partial charge on any atom is 0.264 e. The van der Waals surface area contributed by atoms with Gasteiger partial charge in [-0.1, -0.05) is 35.9 Å². The Labute approximate surface area is 302 Å². The molecule has 5 aromatic rings. The number of hydrogen-bond acceptors (Lipinski definition) is 6. The molecule has 1 fully saturated rings. The number of amides is 2. The van der Waals surface area contributed by atoms with Crippen molar-refractivity contribution in [3.63, 3.8) is 0 Å². The van der Waals surface area contributed by atoms with Crippen LogP contribution in [0.15, 0.2) is 97.3 Å². The Hall–Kier alpha value is -4.96. The summed E-state index contributed by atoms with van der Waals surface area (Å²) in [6.45, 7) is 5.11. The van der Waals surface area contributed by atoms with Gasteiger partial charge in [-0.15, -0.1) is 0 Å². The zero-order chi connectivity index (χ0) is 34.9. The highest BCUT2D eigenvalue weighted by Crippen LogP contribution is 2.38. The summed E-state index contributed by atoms with van der Waals surface area (Å²) in [6.07, 6.45) is 6.75. The van der Waals surface area contributed by atoms with Crippen molar-refractivity contribution < 1.29 is 19.4 Å². The van der Waals surface area contributed by atoms with Crippen LogP contribution in [0.5, 0.6) is 5.75 Å². The lowest BCUT2D eigenvalue weighted by molar-refractivity contribution is 0.0193. The molecule has 0 saturated carbocycles. The highest BCUT2D eigenvalue weighted by molar-refractivity contribution is 6.31. The van der Waals surface area contributed by atoms with Crippen LogP contribution in [0.3, 0.4) is 0 Å². The second kappa shape index (κ2) is 14.3. The molecule has 1 atom stereocenters. The van der Waals surface area contributed by atoms with Crippen molar-refractivity contribution in [2.75, 3.05) is 37.7 Å². The van der Waals surface area contributed by atoms with E-state index in [1.807, 2.05) is 35.2 Å². The van der Waals surface area contributed by atoms with Crippen LogP contribution in [-0.4, -0.2) is 75.2 Å². The van der Waals surface area contributed by atoms with Crippen LogP contribution < -0.4 is 4.90 Å². The van der Waals surface area contributed by atoms with Gasteiger partial charge in [0.25, 0.3) is 11.8 Å². The molecule has 1 N–H and O–H groups in total. The number of halogens is 1. The summed E-state index contributed by atoms with van der Waals surface area (Å²) in [4.78, 5) is 40.0. The van der Waals surface area contributed by atoms with E-state index in [1.165, 1.54) is 5.56 Å². The third-order valence-electron chi connectivity index (χ3n) is 10.4. The summed E-state index contributed by atoms with van der Waals surface area (Å²) < 4.78 is 7.82. The van der Waals surface area contributed by atoms with E-state index in [-0.39, 0.29) is 23.6 Å². The summed E-state index contributed by atoms with van der Waals surface area (Å²) >= 11 is 6.70. The van der Waals surface area contributed by atoms with E-state index in [4.69, 9.17) is 16.3 Å². The molecule has 3 aliphatic heterocycles. The van der Waals surface area contributed by atoms with Gasteiger partial charge in [-0.25, -0.2) is 0 Å². The monoisotopic (exact) mass is 701 g/mol. The largest absolute Gasteiger partial charge is 0.508 e. The number of benzene rings is 3. The molecule has 0 unspecified atom stereocenters. The molecule has 1 saturated heterocycles. The molecule has 10 heteroatoms. The minimum Gasteiger partial charge on any atom is -0.508 e. The van der Waals surface area contributed by atoms with Crippen LogP contribution in [0.4, 0.5) is 11.4 Å². The second-order valence-electron chi connectivity index (χ2n) is 13.5. The van der Waals surface area contributed by atoms with Crippen molar-refractivity contribution in [3.05, 3.63) is 130 Å². The van der Waals surface area contributed by atoms with Gasteiger partial charge in [-0.2, -0.15) is 0 Å². The predicted molar refractivity (Wildman–Crippen MR) is 198 cm³/mol. The van der Waals surface area contributed by atoms with Crippen molar-refractivity contribution in [2.45, 2.75) is 44.8 Å². The number of morpholine rings is 1. The van der Waals surface area contributed by atoms with Crippen LogP contribution in [0.25, 0.3) is 11.3 Å². The minimum atomic E-state index is -0.210. The number of pyridine rings is 1. The van der Waals surface area contributed by atoms with Crippen molar-refractivity contribution in [2.24, 2.45) is 0 Å². The number of carbonyl (C=O) groups is 2. The molecule has 2 amide bonds. The Bertz CT molecular complexity index is 2060. The van der Waals surface area contributed by atoms with Crippen molar-refractivity contribution in [1.82, 2.24) is 19.4 Å². The topological polar surface area (TPSA) is 91.1 Å². The average molecular weight is 702 g/mol. The number of hydrogen-bond donors (Lipinski definition) is 1. The number of aromatic nitrogens is 2. The molecule has 3 aromatic carbocycles. The lowest BCUT2D eigenvalue weighted by Gasteiger charge is -2.40. The summed E-state index contributed by atoms with van der Waals surface area (Å²) in [5, 5.41) is 10.5. The highest BCUT2D eigenvalue weighted by atomic mass is 35.5. The smallest absolute Gasteiger partial charge is 0.264 e. The Morgan fingerprint density at radius 1 is 0.882 bits per heavy atom. The predicted octanol–water partition coefficient (Wildman–Crippen LogP) is 7.12. The number of nitrogens with zero attached hydrogens (tertiary/aromatic N) is 5. The standard InChI is InChI=1S/C41H40ClN5O4/c42-30-10-15-35(40(49)46-26-29-7-2-1-6-28(29)22-33(46)27-44-18-20-51-21-19-44)36(23-30)39-24-37(38-9-3-4-17-45(38)39)41(50)47(32-8-5-16-43-25-32)31-11-13-34(48)14-12-31/h1-2,5-8,10-16,23-25,33,48H,3-4,9,17-22,26-27H2/t33-/m0/s1. The third kappa shape index (κ3) is 6.65. The van der Waals surface area contributed by atoms with E-state index in [0.717, 1.165) is 74.4 Å². The summed E-state index contributed by atoms with van der Waals surface area (Å²) in [7, 11) is 0. The summed E-state index contributed by atoms with van der Waals surface area (Å²) in [6, 6.07) is 26.1. The van der Waals surface area contributed by atoms with Crippen LogP contribution in [0.1, 0.15) is 50.4 Å². The molecular formula is C41H40ClN5O4. The van der Waals surface area contributed by atoms with Gasteiger partial charge >= 0.3 is 0 Å². The minimum absolute atomic E-state index is 0.00857. The van der Waals surface area contributed by atoms with Crippen LogP contribution in [0.2, 0.25) is 5.02 Å². The molecule has 0 spiro atoms. The van der Waals surface area contributed by atoms with Gasteiger partial charge in [0.1, 0.15) is 5.75 Å². The van der Waals surface area contributed by atoms with Crippen molar-refractivity contribution in [1.29, 1.82) is 0 Å². The molecule has 51 heavy (non-hydrogen) atoms. The Morgan fingerprint density at radius 2 is 1.69 bits per heavy atom. The summed E-state index contributed by atoms with van der Waals surface area (Å²) in [5.41, 5.74) is 7.26. The van der Waals surface area contributed by atoms with Crippen molar-refractivity contribution >= 4 is 34.8 Å². The average Bonchev–Trinajstić information content (AvgIpc) is 3.56. The first-order valence-electron chi connectivity index (χ1n) is 17.7. The van der Waals surface area contributed by atoms with Gasteiger partial charge in [-0.05, 0) is 97.5 Å². The number of phenols is 1. The number of anilines is 2. The Morgan fingerprint density at radius 3 is 2.47 bits per heavy atom. The maximum absolute atomic E-state index is 14.9. The third-order valence-corrected chi connectivity index (χ3v) is 10.6. The van der Waals surface area contributed by atoms with E-state index < -0.39 is 0 Å². The fraction of sp³-hybridized carbons (Fsp3) is 0.293. The number of carbonyl (C=O) groups excluding carboxylic acids is 2. The summed E-state index contributed by atoms with van der Waals surface area (Å²) in [5.74, 6) is -0.142. The molecule has 8 rings (SSSR count). The first-order chi connectivity index (χ1) is 24.9. The molecule has 0 aliphatic carbocycles. The van der Waals surface area contributed by atoms with E-state index >= 15 is 0 Å². The number of rotatable bonds is 7. The molecule has 3 aliphatic rings. The quantitative estimate of drug-likeness (QED) is 0.194. The van der Waals surface area contributed by atoms with Gasteiger partial charge in [0.15, 0.2) is 0 Å². The Kier molecular flexibility index (Phi) is 9.34. The first kappa shape index (κ1) is 33.2. The zero-order valence-corrected chi connectivity index (χ0v) is 29.1. The highest BCUT2D eigenvalue weighted by Gasteiger charge is 2.35. The second-order valence-corrected chi connectivity index (χ2v) is 14.0. The van der Waals surface area contributed by atoms with Crippen LogP contribution in [-0.2, 0) is 30.7 Å².